The Morgan fingerprint density at radius 2 is 1.96 bits per heavy atom. The van der Waals surface area contributed by atoms with E-state index in [-0.39, 0.29) is 12.5 Å². The highest BCUT2D eigenvalue weighted by molar-refractivity contribution is 7.16. The number of amides is 1. The number of hydrogen-bond acceptors (Lipinski definition) is 6. The summed E-state index contributed by atoms with van der Waals surface area (Å²) in [5.41, 5.74) is 1.06. The van der Waals surface area contributed by atoms with E-state index < -0.39 is 5.97 Å². The average Bonchev–Trinajstić information content (AvgIpc) is 3.00. The highest BCUT2D eigenvalue weighted by Crippen LogP contribution is 2.29. The van der Waals surface area contributed by atoms with Crippen molar-refractivity contribution < 1.29 is 23.8 Å². The number of hydrogen-bond donors (Lipinski definition) is 1. The first-order valence-corrected chi connectivity index (χ1v) is 8.78. The molecule has 0 unspecified atom stereocenters. The van der Waals surface area contributed by atoms with E-state index in [0.717, 1.165) is 4.88 Å². The zero-order valence-electron chi connectivity index (χ0n) is 15.1. The van der Waals surface area contributed by atoms with Gasteiger partial charge in [-0.2, -0.15) is 0 Å². The number of rotatable bonds is 7. The number of benzene rings is 1. The van der Waals surface area contributed by atoms with Crippen molar-refractivity contribution in [3.63, 3.8) is 0 Å². The van der Waals surface area contributed by atoms with Gasteiger partial charge in [-0.3, -0.25) is 4.79 Å². The van der Waals surface area contributed by atoms with Gasteiger partial charge in [-0.25, -0.2) is 4.79 Å². The van der Waals surface area contributed by atoms with Crippen molar-refractivity contribution in [1.82, 2.24) is 0 Å². The van der Waals surface area contributed by atoms with E-state index in [1.54, 1.807) is 51.5 Å². The molecule has 0 atom stereocenters. The van der Waals surface area contributed by atoms with Crippen LogP contribution in [0.25, 0.3) is 6.08 Å². The summed E-state index contributed by atoms with van der Waals surface area (Å²) in [6, 6.07) is 7.00. The highest BCUT2D eigenvalue weighted by Gasteiger charge is 2.17. The van der Waals surface area contributed by atoms with Crippen LogP contribution in [0, 0.1) is 6.92 Å². The van der Waals surface area contributed by atoms with Crippen molar-refractivity contribution in [2.45, 2.75) is 13.8 Å². The number of aryl methyl sites for hydroxylation is 1. The second-order valence-electron chi connectivity index (χ2n) is 5.25. The maximum Gasteiger partial charge on any atom is 0.341 e. The molecule has 1 heterocycles. The lowest BCUT2D eigenvalue weighted by Gasteiger charge is -2.07. The monoisotopic (exact) mass is 375 g/mol. The van der Waals surface area contributed by atoms with E-state index in [0.29, 0.717) is 27.6 Å². The predicted molar refractivity (Wildman–Crippen MR) is 102 cm³/mol. The molecule has 2 aromatic rings. The van der Waals surface area contributed by atoms with Crippen LogP contribution in [0.4, 0.5) is 5.00 Å². The third kappa shape index (κ3) is 4.86. The van der Waals surface area contributed by atoms with Gasteiger partial charge in [-0.05, 0) is 44.2 Å². The van der Waals surface area contributed by atoms with Gasteiger partial charge in [-0.15, -0.1) is 11.3 Å². The average molecular weight is 375 g/mol. The van der Waals surface area contributed by atoms with E-state index >= 15 is 0 Å². The highest BCUT2D eigenvalue weighted by atomic mass is 32.1. The van der Waals surface area contributed by atoms with E-state index in [9.17, 15) is 9.59 Å². The normalized spacial score (nSPS) is 10.6. The molecule has 1 N–H and O–H groups in total. The Labute approximate surface area is 156 Å². The smallest absolute Gasteiger partial charge is 0.341 e. The van der Waals surface area contributed by atoms with Crippen LogP contribution in [-0.2, 0) is 9.53 Å². The SMILES string of the molecule is CCOC(=O)c1cc(C)sc1NC(=O)/C=C/c1cc(OC)ccc1OC. The Morgan fingerprint density at radius 1 is 1.19 bits per heavy atom. The predicted octanol–water partition coefficient (Wildman–Crippen LogP) is 3.90. The van der Waals surface area contributed by atoms with Gasteiger partial charge in [0.2, 0.25) is 5.91 Å². The third-order valence-corrected chi connectivity index (χ3v) is 4.40. The van der Waals surface area contributed by atoms with E-state index in [1.807, 2.05) is 6.92 Å². The van der Waals surface area contributed by atoms with Crippen LogP contribution in [0.2, 0.25) is 0 Å². The number of anilines is 1. The standard InChI is InChI=1S/C19H21NO5S/c1-5-25-19(22)15-10-12(2)26-18(15)20-17(21)9-6-13-11-14(23-3)7-8-16(13)24-4/h6-11H,5H2,1-4H3,(H,20,21)/b9-6+. The Morgan fingerprint density at radius 3 is 2.62 bits per heavy atom. The summed E-state index contributed by atoms with van der Waals surface area (Å²) in [5.74, 6) is 0.464. The number of esters is 1. The molecule has 2 rings (SSSR count). The minimum Gasteiger partial charge on any atom is -0.497 e. The molecule has 0 aliphatic heterocycles. The third-order valence-electron chi connectivity index (χ3n) is 3.44. The number of nitrogens with one attached hydrogen (secondary N) is 1. The lowest BCUT2D eigenvalue weighted by molar-refractivity contribution is -0.111. The largest absolute Gasteiger partial charge is 0.497 e. The van der Waals surface area contributed by atoms with Crippen LogP contribution in [0.1, 0.15) is 27.7 Å². The van der Waals surface area contributed by atoms with Crippen LogP contribution < -0.4 is 14.8 Å². The Bertz CT molecular complexity index is 825. The molecule has 26 heavy (non-hydrogen) atoms. The van der Waals surface area contributed by atoms with Gasteiger partial charge in [0.15, 0.2) is 0 Å². The molecule has 0 saturated heterocycles. The summed E-state index contributed by atoms with van der Waals surface area (Å²) >= 11 is 1.32. The van der Waals surface area contributed by atoms with Crippen LogP contribution >= 0.6 is 11.3 Å². The van der Waals surface area contributed by atoms with Gasteiger partial charge in [0.05, 0.1) is 26.4 Å². The molecule has 138 valence electrons. The molecule has 0 radical (unpaired) electrons. The fourth-order valence-electron chi connectivity index (χ4n) is 2.26. The van der Waals surface area contributed by atoms with Gasteiger partial charge >= 0.3 is 5.97 Å². The first-order valence-electron chi connectivity index (χ1n) is 7.97. The van der Waals surface area contributed by atoms with Crippen molar-refractivity contribution in [3.05, 3.63) is 46.3 Å². The maximum atomic E-state index is 12.3. The van der Waals surface area contributed by atoms with E-state index in [2.05, 4.69) is 5.32 Å². The van der Waals surface area contributed by atoms with Gasteiger partial charge in [0.25, 0.3) is 0 Å². The Hall–Kier alpha value is -2.80. The molecule has 0 fully saturated rings. The van der Waals surface area contributed by atoms with Gasteiger partial charge in [0.1, 0.15) is 16.5 Å². The number of thiophene rings is 1. The molecule has 0 aliphatic rings. The zero-order chi connectivity index (χ0) is 19.1. The summed E-state index contributed by atoms with van der Waals surface area (Å²) in [6.07, 6.45) is 3.00. The van der Waals surface area contributed by atoms with E-state index in [1.165, 1.54) is 17.4 Å². The fourth-order valence-corrected chi connectivity index (χ4v) is 3.16. The minimum atomic E-state index is -0.453. The van der Waals surface area contributed by atoms with Crippen molar-refractivity contribution in [1.29, 1.82) is 0 Å². The first kappa shape index (κ1) is 19.5. The lowest BCUT2D eigenvalue weighted by Crippen LogP contribution is -2.11. The van der Waals surface area contributed by atoms with Gasteiger partial charge in [0, 0.05) is 16.5 Å². The summed E-state index contributed by atoms with van der Waals surface area (Å²) in [6.45, 7) is 3.87. The Kier molecular flexibility index (Phi) is 6.80. The molecule has 1 aromatic heterocycles. The Balaban J connectivity index is 2.17. The second kappa shape index (κ2) is 9.05. The molecule has 0 aliphatic carbocycles. The van der Waals surface area contributed by atoms with Crippen LogP contribution in [0.15, 0.2) is 30.3 Å². The maximum absolute atomic E-state index is 12.3. The molecule has 1 aromatic carbocycles. The van der Waals surface area contributed by atoms with Crippen LogP contribution in [-0.4, -0.2) is 32.7 Å². The van der Waals surface area contributed by atoms with Crippen molar-refractivity contribution >= 4 is 34.3 Å². The molecule has 0 bridgehead atoms. The number of ether oxygens (including phenoxy) is 3. The minimum absolute atomic E-state index is 0.274. The fraction of sp³-hybridized carbons (Fsp3) is 0.263. The second-order valence-corrected chi connectivity index (χ2v) is 6.51. The van der Waals surface area contributed by atoms with Crippen molar-refractivity contribution in [2.75, 3.05) is 26.1 Å². The molecular weight excluding hydrogens is 354 g/mol. The zero-order valence-corrected chi connectivity index (χ0v) is 15.9. The first-order chi connectivity index (χ1) is 12.5. The quantitative estimate of drug-likeness (QED) is 0.587. The summed E-state index contributed by atoms with van der Waals surface area (Å²) < 4.78 is 15.5. The topological polar surface area (TPSA) is 73.9 Å². The lowest BCUT2D eigenvalue weighted by atomic mass is 10.1. The molecule has 6 nitrogen and oxygen atoms in total. The number of carbonyl (C=O) groups is 2. The molecule has 1 amide bonds. The van der Waals surface area contributed by atoms with Crippen LogP contribution in [0.3, 0.4) is 0 Å². The molecule has 0 spiro atoms. The molecule has 7 heteroatoms. The molecule has 0 saturated carbocycles. The number of carbonyl (C=O) groups excluding carboxylic acids is 2. The summed E-state index contributed by atoms with van der Waals surface area (Å²) in [7, 11) is 3.12. The van der Waals surface area contributed by atoms with Crippen molar-refractivity contribution in [2.24, 2.45) is 0 Å². The van der Waals surface area contributed by atoms with E-state index in [4.69, 9.17) is 14.2 Å². The van der Waals surface area contributed by atoms with Crippen molar-refractivity contribution in [3.8, 4) is 11.5 Å². The van der Waals surface area contributed by atoms with Crippen LogP contribution in [0.5, 0.6) is 11.5 Å². The summed E-state index contributed by atoms with van der Waals surface area (Å²) in [5, 5.41) is 3.19. The number of methoxy groups -OCH3 is 2. The molecular formula is C19H21NO5S. The van der Waals surface area contributed by atoms with Gasteiger partial charge in [-0.1, -0.05) is 0 Å². The summed E-state index contributed by atoms with van der Waals surface area (Å²) in [4.78, 5) is 25.1. The van der Waals surface area contributed by atoms with Gasteiger partial charge < -0.3 is 19.5 Å².